The van der Waals surface area contributed by atoms with Crippen molar-refractivity contribution in [2.24, 2.45) is 11.4 Å². The van der Waals surface area contributed by atoms with Gasteiger partial charge < -0.3 is 9.84 Å². The van der Waals surface area contributed by atoms with Crippen molar-refractivity contribution in [3.8, 4) is 5.75 Å². The Bertz CT molecular complexity index is 1000. The molecule has 0 fully saturated rings. The second-order valence-electron chi connectivity index (χ2n) is 5.97. The van der Waals surface area contributed by atoms with Gasteiger partial charge in [0.05, 0.1) is 12.1 Å². The van der Waals surface area contributed by atoms with Gasteiger partial charge in [-0.2, -0.15) is 4.36 Å². The third kappa shape index (κ3) is 4.19. The van der Waals surface area contributed by atoms with Crippen molar-refractivity contribution in [2.75, 3.05) is 19.1 Å². The van der Waals surface area contributed by atoms with Crippen LogP contribution in [0.2, 0.25) is 5.02 Å². The van der Waals surface area contributed by atoms with E-state index in [2.05, 4.69) is 9.46 Å². The Morgan fingerprint density at radius 2 is 2.08 bits per heavy atom. The maximum Gasteiger partial charge on any atom is 0.277 e. The van der Waals surface area contributed by atoms with Crippen molar-refractivity contribution in [1.82, 2.24) is 9.78 Å². The number of hydrogen-bond donors (Lipinski definition) is 1. The first-order valence-corrected chi connectivity index (χ1v) is 10.5. The van der Waals surface area contributed by atoms with Crippen LogP contribution in [-0.2, 0) is 16.8 Å². The minimum absolute atomic E-state index is 0.0173. The number of H-pyrrole nitrogens is 1. The van der Waals surface area contributed by atoms with E-state index in [1.807, 2.05) is 6.92 Å². The molecule has 0 bridgehead atoms. The highest BCUT2D eigenvalue weighted by Crippen LogP contribution is 2.39. The maximum atomic E-state index is 12.7. The number of methoxy groups -OCH3 is 1. The Kier molecular flexibility index (Phi) is 6.30. The van der Waals surface area contributed by atoms with Gasteiger partial charge in [-0.1, -0.05) is 24.9 Å². The molecule has 0 radical (unpaired) electrons. The zero-order valence-electron chi connectivity index (χ0n) is 15.2. The van der Waals surface area contributed by atoms with Gasteiger partial charge in [-0.25, -0.2) is 4.21 Å². The lowest BCUT2D eigenvalue weighted by molar-refractivity contribution is 0.103. The summed E-state index contributed by atoms with van der Waals surface area (Å²) in [6, 6.07) is 3.00. The highest BCUT2D eigenvalue weighted by Gasteiger charge is 2.22. The Balaban J connectivity index is 2.60. The summed E-state index contributed by atoms with van der Waals surface area (Å²) in [5, 5.41) is 2.67. The van der Waals surface area contributed by atoms with E-state index < -0.39 is 21.1 Å². The van der Waals surface area contributed by atoms with E-state index in [1.165, 1.54) is 37.2 Å². The number of carbonyl (C=O) groups excluding carboxylic acids is 1. The van der Waals surface area contributed by atoms with E-state index in [0.29, 0.717) is 11.5 Å². The van der Waals surface area contributed by atoms with Crippen LogP contribution in [0.5, 0.6) is 5.75 Å². The van der Waals surface area contributed by atoms with Crippen LogP contribution in [0.3, 0.4) is 0 Å². The molecule has 2 aromatic rings. The molecule has 0 spiro atoms. The molecule has 1 aromatic heterocycles. The fourth-order valence-corrected chi connectivity index (χ4v) is 4.21. The number of rotatable bonds is 7. The number of ether oxygens (including phenoxy) is 1. The van der Waals surface area contributed by atoms with Crippen molar-refractivity contribution < 1.29 is 13.7 Å². The highest BCUT2D eigenvalue weighted by atomic mass is 35.5. The lowest BCUT2D eigenvalue weighted by atomic mass is 10.1. The van der Waals surface area contributed by atoms with E-state index in [9.17, 15) is 13.8 Å². The number of unbranched alkanes of at least 4 members (excludes halogenated alkanes) is 1. The standard InChI is InChI=1S/C17H22ClN3O4S/c1-5-6-9-26(4,24)20-15-13(25-3)8-7-11(14(15)18)16(22)12-10-19-21(2)17(12)23/h7-8,10,19H,5-6,9H2,1-4H3. The lowest BCUT2D eigenvalue weighted by Gasteiger charge is -2.11. The number of aromatic nitrogens is 2. The SMILES string of the molecule is CCCCS(C)(=O)=Nc1c(OC)ccc(C(=O)c2c[nH]n(C)c2=O)c1Cl. The summed E-state index contributed by atoms with van der Waals surface area (Å²) in [6.45, 7) is 2.00. The summed E-state index contributed by atoms with van der Waals surface area (Å²) in [7, 11) is 0.416. The second-order valence-corrected chi connectivity index (χ2v) is 8.85. The normalized spacial score (nSPS) is 13.3. The molecule has 0 aliphatic carbocycles. The number of hydrogen-bond acceptors (Lipinski definition) is 5. The summed E-state index contributed by atoms with van der Waals surface area (Å²) < 4.78 is 23.5. The van der Waals surface area contributed by atoms with Gasteiger partial charge in [0.25, 0.3) is 5.56 Å². The molecule has 1 N–H and O–H groups in total. The Hall–Kier alpha value is -2.06. The summed E-state index contributed by atoms with van der Waals surface area (Å²) >= 11 is 6.40. The molecule has 1 unspecified atom stereocenters. The molecule has 142 valence electrons. The van der Waals surface area contributed by atoms with Crippen LogP contribution < -0.4 is 10.3 Å². The van der Waals surface area contributed by atoms with Gasteiger partial charge in [0.2, 0.25) is 5.78 Å². The number of aromatic amines is 1. The summed E-state index contributed by atoms with van der Waals surface area (Å²) in [6.07, 6.45) is 4.53. The number of carbonyl (C=O) groups is 1. The maximum absolute atomic E-state index is 12.7. The summed E-state index contributed by atoms with van der Waals surface area (Å²) in [4.78, 5) is 24.7. The third-order valence-corrected chi connectivity index (χ3v) is 5.88. The van der Waals surface area contributed by atoms with Crippen LogP contribution in [0, 0.1) is 0 Å². The number of aryl methyl sites for hydroxylation is 1. The van der Waals surface area contributed by atoms with Crippen LogP contribution in [0.1, 0.15) is 35.7 Å². The minimum Gasteiger partial charge on any atom is -0.494 e. The predicted octanol–water partition coefficient (Wildman–Crippen LogP) is 3.14. The minimum atomic E-state index is -2.54. The Morgan fingerprint density at radius 1 is 1.38 bits per heavy atom. The fourth-order valence-electron chi connectivity index (χ4n) is 2.39. The average Bonchev–Trinajstić information content (AvgIpc) is 2.93. The van der Waals surface area contributed by atoms with Crippen LogP contribution in [0.25, 0.3) is 0 Å². The quantitative estimate of drug-likeness (QED) is 0.723. The zero-order valence-corrected chi connectivity index (χ0v) is 16.7. The number of nitrogens with zero attached hydrogens (tertiary/aromatic N) is 2. The molecular formula is C17H22ClN3O4S. The number of nitrogens with one attached hydrogen (secondary N) is 1. The van der Waals surface area contributed by atoms with Crippen LogP contribution in [-0.4, -0.2) is 38.9 Å². The molecule has 0 aliphatic rings. The molecular weight excluding hydrogens is 378 g/mol. The van der Waals surface area contributed by atoms with Crippen molar-refractivity contribution in [3.05, 3.63) is 44.8 Å². The third-order valence-electron chi connectivity index (χ3n) is 3.89. The first-order valence-electron chi connectivity index (χ1n) is 8.07. The molecule has 26 heavy (non-hydrogen) atoms. The molecule has 0 saturated heterocycles. The fraction of sp³-hybridized carbons (Fsp3) is 0.412. The Labute approximate surface area is 157 Å². The smallest absolute Gasteiger partial charge is 0.277 e. The van der Waals surface area contributed by atoms with Gasteiger partial charge in [-0.3, -0.25) is 14.3 Å². The second kappa shape index (κ2) is 8.09. The predicted molar refractivity (Wildman–Crippen MR) is 103 cm³/mol. The van der Waals surface area contributed by atoms with Gasteiger partial charge in [-0.15, -0.1) is 0 Å². The van der Waals surface area contributed by atoms with E-state index in [1.54, 1.807) is 6.26 Å². The van der Waals surface area contributed by atoms with Gasteiger partial charge in [0.15, 0.2) is 0 Å². The van der Waals surface area contributed by atoms with E-state index in [4.69, 9.17) is 16.3 Å². The molecule has 1 heterocycles. The average molecular weight is 400 g/mol. The Morgan fingerprint density at radius 3 is 2.62 bits per heavy atom. The van der Waals surface area contributed by atoms with Crippen molar-refractivity contribution in [3.63, 3.8) is 0 Å². The van der Waals surface area contributed by atoms with Crippen molar-refractivity contribution in [1.29, 1.82) is 0 Å². The van der Waals surface area contributed by atoms with Crippen molar-refractivity contribution >= 4 is 32.8 Å². The van der Waals surface area contributed by atoms with Gasteiger partial charge in [0.1, 0.15) is 17.0 Å². The molecule has 7 nitrogen and oxygen atoms in total. The van der Waals surface area contributed by atoms with Crippen LogP contribution >= 0.6 is 11.6 Å². The van der Waals surface area contributed by atoms with Gasteiger partial charge in [-0.05, 0) is 18.6 Å². The number of ketones is 1. The monoisotopic (exact) mass is 399 g/mol. The molecule has 1 aromatic carbocycles. The first-order chi connectivity index (χ1) is 12.2. The van der Waals surface area contributed by atoms with E-state index >= 15 is 0 Å². The van der Waals surface area contributed by atoms with Gasteiger partial charge >= 0.3 is 0 Å². The van der Waals surface area contributed by atoms with Crippen LogP contribution in [0.4, 0.5) is 5.69 Å². The molecule has 0 saturated carbocycles. The summed E-state index contributed by atoms with van der Waals surface area (Å²) in [5.74, 6) is 0.200. The molecule has 1 atom stereocenters. The van der Waals surface area contributed by atoms with E-state index in [0.717, 1.165) is 12.8 Å². The summed E-state index contributed by atoms with van der Waals surface area (Å²) in [5.41, 5.74) is -0.221. The van der Waals surface area contributed by atoms with Gasteiger partial charge in [0, 0.05) is 40.5 Å². The van der Waals surface area contributed by atoms with E-state index in [-0.39, 0.29) is 21.8 Å². The highest BCUT2D eigenvalue weighted by molar-refractivity contribution is 7.93. The molecule has 0 amide bonds. The molecule has 0 aliphatic heterocycles. The first kappa shape index (κ1) is 20.3. The number of halogens is 1. The zero-order chi connectivity index (χ0) is 19.5. The topological polar surface area (TPSA) is 93.5 Å². The van der Waals surface area contributed by atoms with Crippen molar-refractivity contribution in [2.45, 2.75) is 19.8 Å². The molecule has 9 heteroatoms. The molecule has 2 rings (SSSR count). The number of benzene rings is 1. The lowest BCUT2D eigenvalue weighted by Crippen LogP contribution is -2.19. The van der Waals surface area contributed by atoms with Crippen LogP contribution in [0.15, 0.2) is 27.5 Å². The largest absolute Gasteiger partial charge is 0.494 e.